The molecule has 1 aromatic carbocycles. The number of H-pyrrole nitrogens is 2. The summed E-state index contributed by atoms with van der Waals surface area (Å²) in [5.41, 5.74) is 9.04. The van der Waals surface area contributed by atoms with Crippen LogP contribution in [0.15, 0.2) is 61.2 Å². The molecule has 7 heteroatoms. The highest BCUT2D eigenvalue weighted by molar-refractivity contribution is 6.08. The van der Waals surface area contributed by atoms with Gasteiger partial charge in [0.05, 0.1) is 11.7 Å². The molecule has 0 saturated carbocycles. The lowest BCUT2D eigenvalue weighted by Gasteiger charge is -2.11. The summed E-state index contributed by atoms with van der Waals surface area (Å²) >= 11 is 0. The molecule has 124 valence electrons. The molecule has 0 aliphatic heterocycles. The van der Waals surface area contributed by atoms with E-state index in [1.165, 1.54) is 0 Å². The highest BCUT2D eigenvalue weighted by atomic mass is 16.1. The van der Waals surface area contributed by atoms with E-state index in [0.29, 0.717) is 17.1 Å². The number of amides is 1. The number of benzene rings is 1. The first kappa shape index (κ1) is 15.1. The minimum atomic E-state index is -0.355. The van der Waals surface area contributed by atoms with Crippen LogP contribution in [0.1, 0.15) is 27.8 Å². The summed E-state index contributed by atoms with van der Waals surface area (Å²) in [7, 11) is 0. The Labute approximate surface area is 143 Å². The lowest BCUT2D eigenvalue weighted by molar-refractivity contribution is 0.102. The minimum absolute atomic E-state index is 0.188. The Morgan fingerprint density at radius 2 is 1.84 bits per heavy atom. The Morgan fingerprint density at radius 3 is 2.60 bits per heavy atom. The Balaban J connectivity index is 1.54. The molecule has 0 saturated heterocycles. The second-order valence-corrected chi connectivity index (χ2v) is 5.63. The Bertz CT molecular complexity index is 1000. The van der Waals surface area contributed by atoms with Crippen molar-refractivity contribution in [3.05, 3.63) is 78.1 Å². The minimum Gasteiger partial charge on any atom is -0.347 e. The number of carbonyl (C=O) groups excluding carboxylic acids is 1. The molecule has 5 N–H and O–H groups in total. The van der Waals surface area contributed by atoms with Crippen molar-refractivity contribution < 1.29 is 4.79 Å². The number of nitrogens with one attached hydrogen (secondary N) is 3. The predicted octanol–water partition coefficient (Wildman–Crippen LogP) is 2.59. The number of imidazole rings is 1. The molecule has 0 bridgehead atoms. The van der Waals surface area contributed by atoms with Crippen LogP contribution in [0.3, 0.4) is 0 Å². The maximum Gasteiger partial charge on any atom is 0.255 e. The van der Waals surface area contributed by atoms with Crippen molar-refractivity contribution in [3.8, 4) is 0 Å². The third kappa shape index (κ3) is 2.88. The van der Waals surface area contributed by atoms with E-state index in [2.05, 4.69) is 25.3 Å². The number of fused-ring (bicyclic) bond motifs is 1. The van der Waals surface area contributed by atoms with Crippen LogP contribution in [0, 0.1) is 0 Å². The second kappa shape index (κ2) is 6.21. The van der Waals surface area contributed by atoms with Crippen molar-refractivity contribution in [1.82, 2.24) is 19.9 Å². The van der Waals surface area contributed by atoms with Crippen molar-refractivity contribution in [1.29, 1.82) is 0 Å². The van der Waals surface area contributed by atoms with Gasteiger partial charge in [-0.15, -0.1) is 0 Å². The number of pyridine rings is 1. The second-order valence-electron chi connectivity index (χ2n) is 5.63. The lowest BCUT2D eigenvalue weighted by atomic mass is 10.0. The third-order valence-corrected chi connectivity index (χ3v) is 4.05. The number of rotatable bonds is 4. The molecule has 7 nitrogen and oxygen atoms in total. The van der Waals surface area contributed by atoms with Gasteiger partial charge in [0, 0.05) is 35.7 Å². The van der Waals surface area contributed by atoms with Gasteiger partial charge in [-0.2, -0.15) is 0 Å². The summed E-state index contributed by atoms with van der Waals surface area (Å²) in [5, 5.41) is 3.78. The highest BCUT2D eigenvalue weighted by Gasteiger charge is 2.13. The molecule has 0 aliphatic rings. The SMILES string of the molecule is NC(c1ccc(C(=O)Nc2ccnc3[nH]ccc23)cc1)c1ncc[nH]1. The number of carbonyl (C=O) groups is 1. The van der Waals surface area contributed by atoms with Gasteiger partial charge in [0.1, 0.15) is 11.5 Å². The van der Waals surface area contributed by atoms with Crippen LogP contribution < -0.4 is 11.1 Å². The van der Waals surface area contributed by atoms with Gasteiger partial charge >= 0.3 is 0 Å². The topological polar surface area (TPSA) is 112 Å². The van der Waals surface area contributed by atoms with E-state index in [9.17, 15) is 4.79 Å². The predicted molar refractivity (Wildman–Crippen MR) is 95.1 cm³/mol. The Hall–Kier alpha value is -3.45. The maximum atomic E-state index is 12.5. The van der Waals surface area contributed by atoms with Crippen LogP contribution in [-0.4, -0.2) is 25.8 Å². The number of nitrogens with two attached hydrogens (primary N) is 1. The van der Waals surface area contributed by atoms with Gasteiger partial charge in [-0.3, -0.25) is 4.79 Å². The van der Waals surface area contributed by atoms with Crippen molar-refractivity contribution >= 4 is 22.6 Å². The molecule has 0 aliphatic carbocycles. The van der Waals surface area contributed by atoms with E-state index in [4.69, 9.17) is 5.73 Å². The van der Waals surface area contributed by atoms with Gasteiger partial charge < -0.3 is 21.0 Å². The molecule has 3 aromatic heterocycles. The first-order valence-electron chi connectivity index (χ1n) is 7.80. The fraction of sp³-hybridized carbons (Fsp3) is 0.0556. The van der Waals surface area contributed by atoms with Gasteiger partial charge in [-0.1, -0.05) is 12.1 Å². The molecule has 1 unspecified atom stereocenters. The van der Waals surface area contributed by atoms with E-state index in [1.54, 1.807) is 43.0 Å². The largest absolute Gasteiger partial charge is 0.347 e. The summed E-state index contributed by atoms with van der Waals surface area (Å²) in [4.78, 5) is 26.9. The fourth-order valence-corrected chi connectivity index (χ4v) is 2.71. The van der Waals surface area contributed by atoms with Crippen molar-refractivity contribution in [2.45, 2.75) is 6.04 Å². The molecule has 0 radical (unpaired) electrons. The van der Waals surface area contributed by atoms with E-state index in [0.717, 1.165) is 16.6 Å². The zero-order valence-electron chi connectivity index (χ0n) is 13.2. The summed E-state index contributed by atoms with van der Waals surface area (Å²) in [6.07, 6.45) is 6.83. The summed E-state index contributed by atoms with van der Waals surface area (Å²) < 4.78 is 0. The van der Waals surface area contributed by atoms with Crippen LogP contribution in [0.5, 0.6) is 0 Å². The number of aromatic amines is 2. The molecule has 1 amide bonds. The molecule has 25 heavy (non-hydrogen) atoms. The van der Waals surface area contributed by atoms with E-state index in [-0.39, 0.29) is 11.9 Å². The average molecular weight is 332 g/mol. The molecule has 3 heterocycles. The molecule has 0 spiro atoms. The maximum absolute atomic E-state index is 12.5. The molecule has 4 rings (SSSR count). The van der Waals surface area contributed by atoms with Crippen LogP contribution in [0.25, 0.3) is 11.0 Å². The smallest absolute Gasteiger partial charge is 0.255 e. The quantitative estimate of drug-likeness (QED) is 0.460. The van der Waals surface area contributed by atoms with Crippen molar-refractivity contribution in [2.75, 3.05) is 5.32 Å². The zero-order valence-corrected chi connectivity index (χ0v) is 13.2. The summed E-state index contributed by atoms with van der Waals surface area (Å²) in [5.74, 6) is 0.496. The first-order valence-corrected chi connectivity index (χ1v) is 7.80. The molecule has 0 fully saturated rings. The van der Waals surface area contributed by atoms with Crippen LogP contribution in [0.2, 0.25) is 0 Å². The summed E-state index contributed by atoms with van der Waals surface area (Å²) in [6, 6.07) is 10.5. The van der Waals surface area contributed by atoms with Gasteiger partial charge in [-0.25, -0.2) is 9.97 Å². The number of aromatic nitrogens is 4. The van der Waals surface area contributed by atoms with E-state index < -0.39 is 0 Å². The normalized spacial score (nSPS) is 12.2. The number of hydrogen-bond acceptors (Lipinski definition) is 4. The lowest BCUT2D eigenvalue weighted by Crippen LogP contribution is -2.15. The standard InChI is InChI=1S/C18H16N6O/c19-15(17-22-9-10-23-17)11-1-3-12(4-2-11)18(25)24-14-6-8-21-16-13(14)5-7-20-16/h1-10,15H,19H2,(H,22,23)(H2,20,21,24,25). The van der Waals surface area contributed by atoms with Gasteiger partial charge in [0.2, 0.25) is 0 Å². The van der Waals surface area contributed by atoms with Crippen LogP contribution in [0.4, 0.5) is 5.69 Å². The molecule has 1 atom stereocenters. The fourth-order valence-electron chi connectivity index (χ4n) is 2.71. The molecule has 4 aromatic rings. The molecular weight excluding hydrogens is 316 g/mol. The number of anilines is 1. The Morgan fingerprint density at radius 1 is 1.00 bits per heavy atom. The number of nitrogens with zero attached hydrogens (tertiary/aromatic N) is 2. The Kier molecular flexibility index (Phi) is 3.75. The van der Waals surface area contributed by atoms with Crippen LogP contribution >= 0.6 is 0 Å². The molecular formula is C18H16N6O. The number of hydrogen-bond donors (Lipinski definition) is 4. The van der Waals surface area contributed by atoms with Crippen molar-refractivity contribution in [3.63, 3.8) is 0 Å². The monoisotopic (exact) mass is 332 g/mol. The van der Waals surface area contributed by atoms with Crippen molar-refractivity contribution in [2.24, 2.45) is 5.73 Å². The van der Waals surface area contributed by atoms with Crippen LogP contribution in [-0.2, 0) is 0 Å². The van der Waals surface area contributed by atoms with E-state index >= 15 is 0 Å². The average Bonchev–Trinajstić information content (AvgIpc) is 3.33. The van der Waals surface area contributed by atoms with Gasteiger partial charge in [0.15, 0.2) is 0 Å². The van der Waals surface area contributed by atoms with Gasteiger partial charge in [0.25, 0.3) is 5.91 Å². The van der Waals surface area contributed by atoms with E-state index in [1.807, 2.05) is 18.2 Å². The zero-order chi connectivity index (χ0) is 17.2. The summed E-state index contributed by atoms with van der Waals surface area (Å²) in [6.45, 7) is 0. The highest BCUT2D eigenvalue weighted by Crippen LogP contribution is 2.22. The van der Waals surface area contributed by atoms with Gasteiger partial charge in [-0.05, 0) is 29.8 Å². The first-order chi connectivity index (χ1) is 12.2. The third-order valence-electron chi connectivity index (χ3n) is 4.05.